The predicted molar refractivity (Wildman–Crippen MR) is 238 cm³/mol. The van der Waals surface area contributed by atoms with Crippen molar-refractivity contribution in [1.82, 2.24) is 0 Å². The van der Waals surface area contributed by atoms with E-state index >= 15 is 0 Å². The van der Waals surface area contributed by atoms with Gasteiger partial charge < -0.3 is 14.9 Å². The van der Waals surface area contributed by atoms with Gasteiger partial charge in [-0.3, -0.25) is 0 Å². The predicted octanol–water partition coefficient (Wildman–Crippen LogP) is 15.6. The van der Waals surface area contributed by atoms with E-state index in [-0.39, 0.29) is 39.7 Å². The summed E-state index contributed by atoms with van der Waals surface area (Å²) >= 11 is 1.36. The van der Waals surface area contributed by atoms with Crippen LogP contribution in [0.25, 0.3) is 43.8 Å². The number of aryl methyl sites for hydroxylation is 1. The first-order chi connectivity index (χ1) is 24.1. The Balaban J connectivity index is 0.000000327. The van der Waals surface area contributed by atoms with Crippen molar-refractivity contribution in [3.8, 4) is 22.3 Å². The molecule has 2 aliphatic rings. The second-order valence-electron chi connectivity index (χ2n) is 14.7. The van der Waals surface area contributed by atoms with Crippen LogP contribution in [0.15, 0.2) is 109 Å². The van der Waals surface area contributed by atoms with Crippen LogP contribution in [0.4, 0.5) is 0 Å². The summed E-state index contributed by atoms with van der Waals surface area (Å²) in [5, 5.41) is 5.60. The number of hydrogen-bond acceptors (Lipinski definition) is 0. The average molecular weight is 839 g/mol. The molecule has 2 saturated carbocycles. The summed E-state index contributed by atoms with van der Waals surface area (Å²) < 4.78 is 0. The van der Waals surface area contributed by atoms with Crippen LogP contribution in [0.1, 0.15) is 125 Å². The molecule has 8 rings (SSSR count). The second kappa shape index (κ2) is 23.0. The van der Waals surface area contributed by atoms with Crippen molar-refractivity contribution in [3.05, 3.63) is 146 Å². The molecule has 2 fully saturated rings. The van der Waals surface area contributed by atoms with Crippen molar-refractivity contribution in [1.29, 1.82) is 0 Å². The maximum atomic E-state index is 3.06. The molecule has 0 heterocycles. The standard InChI is InChI=1S/C24H27.C23H25.2CH3.2ClH.Si.Zr/c1-17(2)18-11-13-20(14-12-18)23-10-6-9-21-15-22(16-24(21)23)19-7-4-3-5-8-19;1-2-17-15-21-9-6-10-22(23(21)16-17)20-13-11-19(12-14-20)18-7-4-3-5-8-18;;;;;;/h6,9-17,19H,3-5,7-8H2,1-2H3;6,9-16,18H,2-5,7-8H2,1H3;2*1H3;2*1H;;/q4*-1;;;;. The van der Waals surface area contributed by atoms with Crippen LogP contribution >= 0.6 is 24.8 Å². The van der Waals surface area contributed by atoms with Gasteiger partial charge in [0.15, 0.2) is 0 Å². The monoisotopic (exact) mass is 836 g/mol. The molecule has 0 N–H and O–H groups in total. The van der Waals surface area contributed by atoms with Crippen molar-refractivity contribution in [2.24, 2.45) is 0 Å². The van der Waals surface area contributed by atoms with Crippen LogP contribution in [0, 0.1) is 14.9 Å². The average Bonchev–Trinajstić information content (AvgIpc) is 3.82. The fourth-order valence-electron chi connectivity index (χ4n) is 8.35. The molecule has 0 amide bonds. The Hall–Kier alpha value is -2.22. The first kappa shape index (κ1) is 46.9. The SMILES string of the molecule is CC(C)c1ccc(-c2cccc3[cH-]c(C4CCCCC4)cc23)cc1.CCc1cc2c(-c3ccc(C4CCCCC4)cc3)cccc2[cH-]1.Cl.Cl.[CH3-].[CH3-].[Si]=[Zr]. The van der Waals surface area contributed by atoms with Gasteiger partial charge in [-0.05, 0) is 72.1 Å². The Morgan fingerprint density at radius 1 is 0.604 bits per heavy atom. The van der Waals surface area contributed by atoms with E-state index in [9.17, 15) is 0 Å². The molecule has 0 aromatic heterocycles. The number of hydrogen-bond donors (Lipinski definition) is 0. The third-order valence-electron chi connectivity index (χ3n) is 11.3. The third kappa shape index (κ3) is 11.4. The van der Waals surface area contributed by atoms with Crippen molar-refractivity contribution < 1.29 is 23.3 Å². The third-order valence-corrected chi connectivity index (χ3v) is 11.3. The van der Waals surface area contributed by atoms with Gasteiger partial charge in [-0.15, -0.1) is 93.9 Å². The minimum atomic E-state index is 0. The topological polar surface area (TPSA) is 0 Å². The molecule has 0 aliphatic heterocycles. The molecule has 282 valence electrons. The summed E-state index contributed by atoms with van der Waals surface area (Å²) in [6.07, 6.45) is 15.0. The first-order valence-electron chi connectivity index (χ1n) is 18.9. The number of rotatable bonds is 6. The van der Waals surface area contributed by atoms with Crippen molar-refractivity contribution in [2.75, 3.05) is 0 Å². The van der Waals surface area contributed by atoms with Gasteiger partial charge in [0.1, 0.15) is 0 Å². The van der Waals surface area contributed by atoms with Crippen LogP contribution in [-0.2, 0) is 29.8 Å². The van der Waals surface area contributed by atoms with Crippen LogP contribution in [-0.4, -0.2) is 6.88 Å². The molecule has 0 bridgehead atoms. The fraction of sp³-hybridized carbons (Fsp3) is 0.347. The van der Waals surface area contributed by atoms with Gasteiger partial charge in [0.2, 0.25) is 0 Å². The van der Waals surface area contributed by atoms with E-state index in [2.05, 4.69) is 137 Å². The molecule has 0 atom stereocenters. The molecule has 4 heteroatoms. The van der Waals surface area contributed by atoms with Crippen LogP contribution in [0.3, 0.4) is 0 Å². The fourth-order valence-corrected chi connectivity index (χ4v) is 8.35. The van der Waals surface area contributed by atoms with E-state index in [0.717, 1.165) is 18.3 Å². The summed E-state index contributed by atoms with van der Waals surface area (Å²) in [6, 6.07) is 41.6. The Morgan fingerprint density at radius 3 is 1.58 bits per heavy atom. The Bertz CT molecular complexity index is 1920. The van der Waals surface area contributed by atoms with Crippen molar-refractivity contribution in [3.63, 3.8) is 0 Å². The van der Waals surface area contributed by atoms with Crippen LogP contribution < -0.4 is 0 Å². The molecule has 0 unspecified atom stereocenters. The summed E-state index contributed by atoms with van der Waals surface area (Å²) in [6.45, 7) is 9.80. The quantitative estimate of drug-likeness (QED) is 0.116. The molecule has 6 aromatic carbocycles. The minimum absolute atomic E-state index is 0. The first-order valence-corrected chi connectivity index (χ1v) is 23.1. The molecule has 2 aliphatic carbocycles. The van der Waals surface area contributed by atoms with Gasteiger partial charge >= 0.3 is 30.2 Å². The molecule has 2 radical (unpaired) electrons. The Kier molecular flexibility index (Phi) is 20.4. The van der Waals surface area contributed by atoms with Crippen molar-refractivity contribution in [2.45, 2.75) is 109 Å². The normalized spacial score (nSPS) is 14.3. The summed E-state index contributed by atoms with van der Waals surface area (Å²) in [7, 11) is 0. The molecule has 53 heavy (non-hydrogen) atoms. The molecule has 0 spiro atoms. The van der Waals surface area contributed by atoms with Gasteiger partial charge in [0.25, 0.3) is 0 Å². The van der Waals surface area contributed by atoms with Crippen molar-refractivity contribution >= 4 is 53.2 Å². The zero-order valence-corrected chi connectivity index (χ0v) is 37.8. The summed E-state index contributed by atoms with van der Waals surface area (Å²) in [5.41, 5.74) is 11.4. The summed E-state index contributed by atoms with van der Waals surface area (Å²) in [5.74, 6) is 2.16. The Labute approximate surface area is 351 Å². The summed E-state index contributed by atoms with van der Waals surface area (Å²) in [4.78, 5) is 0. The van der Waals surface area contributed by atoms with E-state index in [1.807, 2.05) is 0 Å². The van der Waals surface area contributed by atoms with E-state index in [0.29, 0.717) is 5.92 Å². The maximum absolute atomic E-state index is 3.06. The van der Waals surface area contributed by atoms with Gasteiger partial charge in [0.05, 0.1) is 0 Å². The number of benzene rings is 4. The zero-order chi connectivity index (χ0) is 34.2. The molecular formula is C49H60Cl2SiZr-4. The molecule has 6 aromatic rings. The zero-order valence-electron chi connectivity index (χ0n) is 32.7. The Morgan fingerprint density at radius 2 is 1.08 bits per heavy atom. The van der Waals surface area contributed by atoms with Crippen LogP contribution in [0.2, 0.25) is 0 Å². The van der Waals surface area contributed by atoms with E-state index in [1.165, 1.54) is 148 Å². The van der Waals surface area contributed by atoms with Gasteiger partial charge in [-0.2, -0.15) is 12.1 Å². The van der Waals surface area contributed by atoms with Gasteiger partial charge in [-0.25, -0.2) is 0 Å². The number of fused-ring (bicyclic) bond motifs is 2. The number of halogens is 2. The van der Waals surface area contributed by atoms with Crippen LogP contribution in [0.5, 0.6) is 0 Å². The van der Waals surface area contributed by atoms with E-state index in [1.54, 1.807) is 5.56 Å². The molecule has 0 nitrogen and oxygen atoms in total. The molecular weight excluding hydrogens is 779 g/mol. The second-order valence-corrected chi connectivity index (χ2v) is 14.7. The van der Waals surface area contributed by atoms with Gasteiger partial charge in [0, 0.05) is 0 Å². The molecule has 0 saturated heterocycles. The van der Waals surface area contributed by atoms with Gasteiger partial charge in [-0.1, -0.05) is 131 Å². The van der Waals surface area contributed by atoms with E-state index in [4.69, 9.17) is 0 Å². The van der Waals surface area contributed by atoms with E-state index < -0.39 is 0 Å².